The predicted octanol–water partition coefficient (Wildman–Crippen LogP) is 5.70. The van der Waals surface area contributed by atoms with Crippen molar-refractivity contribution >= 4 is 5.71 Å². The normalized spacial score (nSPS) is 20.4. The molecular formula is C17H31N. The van der Waals surface area contributed by atoms with E-state index in [0.717, 1.165) is 6.54 Å². The van der Waals surface area contributed by atoms with E-state index >= 15 is 0 Å². The third-order valence-electron chi connectivity index (χ3n) is 3.86. The molecule has 0 aromatic rings. The van der Waals surface area contributed by atoms with Crippen molar-refractivity contribution in [3.63, 3.8) is 0 Å². The maximum absolute atomic E-state index is 4.78. The Bertz CT molecular complexity index is 252. The predicted molar refractivity (Wildman–Crippen MR) is 82.5 cm³/mol. The van der Waals surface area contributed by atoms with Crippen LogP contribution in [0, 0.1) is 0 Å². The molecule has 0 aromatic carbocycles. The SMILES string of the molecule is C=C(CCCCCCC)/C1=N/CCCCCCC1. The van der Waals surface area contributed by atoms with Crippen molar-refractivity contribution in [2.45, 2.75) is 84.0 Å². The minimum Gasteiger partial charge on any atom is -0.290 e. The van der Waals surface area contributed by atoms with Crippen LogP contribution >= 0.6 is 0 Å². The number of allylic oxidation sites excluding steroid dienone is 1. The van der Waals surface area contributed by atoms with Crippen LogP contribution in [0.4, 0.5) is 0 Å². The van der Waals surface area contributed by atoms with E-state index in [-0.39, 0.29) is 0 Å². The monoisotopic (exact) mass is 249 g/mol. The van der Waals surface area contributed by atoms with E-state index in [1.165, 1.54) is 88.3 Å². The second-order valence-corrected chi connectivity index (χ2v) is 5.61. The van der Waals surface area contributed by atoms with Gasteiger partial charge in [0.25, 0.3) is 0 Å². The zero-order chi connectivity index (χ0) is 13.1. The van der Waals surface area contributed by atoms with Crippen molar-refractivity contribution in [3.8, 4) is 0 Å². The van der Waals surface area contributed by atoms with Gasteiger partial charge in [0.15, 0.2) is 0 Å². The number of hydrogen-bond donors (Lipinski definition) is 0. The fourth-order valence-electron chi connectivity index (χ4n) is 2.60. The molecule has 1 rings (SSSR count). The maximum Gasteiger partial charge on any atom is 0.0392 e. The van der Waals surface area contributed by atoms with Crippen LogP contribution in [0.25, 0.3) is 0 Å². The third-order valence-corrected chi connectivity index (χ3v) is 3.86. The number of nitrogens with zero attached hydrogens (tertiary/aromatic N) is 1. The largest absolute Gasteiger partial charge is 0.290 e. The van der Waals surface area contributed by atoms with Gasteiger partial charge in [-0.3, -0.25) is 4.99 Å². The third kappa shape index (κ3) is 6.98. The number of unbranched alkanes of at least 4 members (excludes halogenated alkanes) is 4. The van der Waals surface area contributed by atoms with E-state index in [9.17, 15) is 0 Å². The van der Waals surface area contributed by atoms with Crippen LogP contribution < -0.4 is 0 Å². The van der Waals surface area contributed by atoms with Gasteiger partial charge in [-0.05, 0) is 37.7 Å². The lowest BCUT2D eigenvalue weighted by molar-refractivity contribution is 0.632. The molecule has 0 N–H and O–H groups in total. The molecule has 0 saturated carbocycles. The highest BCUT2D eigenvalue weighted by molar-refractivity contribution is 5.99. The Kier molecular flexibility index (Phi) is 8.89. The highest BCUT2D eigenvalue weighted by atomic mass is 14.7. The van der Waals surface area contributed by atoms with Crippen molar-refractivity contribution in [1.29, 1.82) is 0 Å². The highest BCUT2D eigenvalue weighted by Gasteiger charge is 2.06. The summed E-state index contributed by atoms with van der Waals surface area (Å²) < 4.78 is 0. The lowest BCUT2D eigenvalue weighted by atomic mass is 9.99. The quantitative estimate of drug-likeness (QED) is 0.513. The molecule has 0 atom stereocenters. The number of rotatable bonds is 7. The fraction of sp³-hybridized carbons (Fsp3) is 0.824. The van der Waals surface area contributed by atoms with Gasteiger partial charge in [0, 0.05) is 12.3 Å². The highest BCUT2D eigenvalue weighted by Crippen LogP contribution is 2.17. The Hall–Kier alpha value is -0.590. The van der Waals surface area contributed by atoms with Gasteiger partial charge in [-0.2, -0.15) is 0 Å². The van der Waals surface area contributed by atoms with E-state index in [1.807, 2.05) is 0 Å². The molecule has 1 aliphatic heterocycles. The molecule has 0 radical (unpaired) electrons. The molecule has 0 fully saturated rings. The van der Waals surface area contributed by atoms with E-state index in [2.05, 4.69) is 13.5 Å². The van der Waals surface area contributed by atoms with Crippen LogP contribution in [0.2, 0.25) is 0 Å². The minimum atomic E-state index is 1.03. The fourth-order valence-corrected chi connectivity index (χ4v) is 2.60. The Balaban J connectivity index is 2.24. The van der Waals surface area contributed by atoms with Crippen LogP contribution in [-0.4, -0.2) is 12.3 Å². The smallest absolute Gasteiger partial charge is 0.0392 e. The summed E-state index contributed by atoms with van der Waals surface area (Å²) in [7, 11) is 0. The van der Waals surface area contributed by atoms with E-state index < -0.39 is 0 Å². The molecule has 0 aliphatic carbocycles. The first-order chi connectivity index (χ1) is 8.84. The van der Waals surface area contributed by atoms with Crippen molar-refractivity contribution in [2.75, 3.05) is 6.54 Å². The topological polar surface area (TPSA) is 12.4 Å². The van der Waals surface area contributed by atoms with Gasteiger partial charge in [0.1, 0.15) is 0 Å². The molecule has 0 unspecified atom stereocenters. The second kappa shape index (κ2) is 10.3. The number of aliphatic imine (C=N–C) groups is 1. The molecular weight excluding hydrogens is 218 g/mol. The lowest BCUT2D eigenvalue weighted by Gasteiger charge is -2.09. The molecule has 0 aromatic heterocycles. The summed E-state index contributed by atoms with van der Waals surface area (Å²) in [6.45, 7) is 7.57. The molecule has 18 heavy (non-hydrogen) atoms. The Labute approximate surface area is 114 Å². The summed E-state index contributed by atoms with van der Waals surface area (Å²) >= 11 is 0. The molecule has 1 aliphatic rings. The van der Waals surface area contributed by atoms with Gasteiger partial charge in [0.05, 0.1) is 0 Å². The van der Waals surface area contributed by atoms with Crippen LogP contribution in [0.1, 0.15) is 84.0 Å². The van der Waals surface area contributed by atoms with E-state index in [1.54, 1.807) is 0 Å². The van der Waals surface area contributed by atoms with Gasteiger partial charge < -0.3 is 0 Å². The van der Waals surface area contributed by atoms with Crippen molar-refractivity contribution in [1.82, 2.24) is 0 Å². The minimum absolute atomic E-state index is 1.03. The summed E-state index contributed by atoms with van der Waals surface area (Å²) in [5, 5.41) is 0. The van der Waals surface area contributed by atoms with Crippen LogP contribution in [0.3, 0.4) is 0 Å². The number of hydrogen-bond acceptors (Lipinski definition) is 1. The first kappa shape index (κ1) is 15.5. The summed E-state index contributed by atoms with van der Waals surface area (Å²) in [5.41, 5.74) is 2.67. The molecule has 1 heteroatoms. The van der Waals surface area contributed by atoms with Crippen molar-refractivity contribution < 1.29 is 0 Å². The van der Waals surface area contributed by atoms with Crippen LogP contribution in [0.5, 0.6) is 0 Å². The molecule has 104 valence electrons. The standard InChI is InChI=1S/C17H31N/c1-3-4-5-7-10-13-16(2)17-14-11-8-6-9-12-15-18-17/h2-15H2,1H3/b18-17+. The molecule has 1 heterocycles. The Morgan fingerprint density at radius 1 is 1.00 bits per heavy atom. The molecule has 0 spiro atoms. The van der Waals surface area contributed by atoms with E-state index in [0.29, 0.717) is 0 Å². The molecule has 0 saturated heterocycles. The van der Waals surface area contributed by atoms with Crippen LogP contribution in [-0.2, 0) is 0 Å². The summed E-state index contributed by atoms with van der Waals surface area (Å²) in [6.07, 6.45) is 15.8. The van der Waals surface area contributed by atoms with Gasteiger partial charge in [-0.1, -0.05) is 58.4 Å². The summed E-state index contributed by atoms with van der Waals surface area (Å²) in [6, 6.07) is 0. The second-order valence-electron chi connectivity index (χ2n) is 5.61. The zero-order valence-corrected chi connectivity index (χ0v) is 12.3. The Morgan fingerprint density at radius 2 is 1.72 bits per heavy atom. The van der Waals surface area contributed by atoms with Gasteiger partial charge in [0.2, 0.25) is 0 Å². The summed E-state index contributed by atoms with van der Waals surface area (Å²) in [4.78, 5) is 4.78. The Morgan fingerprint density at radius 3 is 2.56 bits per heavy atom. The zero-order valence-electron chi connectivity index (χ0n) is 12.3. The van der Waals surface area contributed by atoms with Gasteiger partial charge in [-0.15, -0.1) is 0 Å². The van der Waals surface area contributed by atoms with Gasteiger partial charge >= 0.3 is 0 Å². The average Bonchev–Trinajstić information content (AvgIpc) is 2.51. The van der Waals surface area contributed by atoms with E-state index in [4.69, 9.17) is 4.99 Å². The molecule has 1 nitrogen and oxygen atoms in total. The summed E-state index contributed by atoms with van der Waals surface area (Å²) in [5.74, 6) is 0. The average molecular weight is 249 g/mol. The van der Waals surface area contributed by atoms with Crippen LogP contribution in [0.15, 0.2) is 17.1 Å². The maximum atomic E-state index is 4.78. The first-order valence-electron chi connectivity index (χ1n) is 8.06. The van der Waals surface area contributed by atoms with Gasteiger partial charge in [-0.25, -0.2) is 0 Å². The molecule has 0 amide bonds. The molecule has 0 bridgehead atoms. The lowest BCUT2D eigenvalue weighted by Crippen LogP contribution is -2.03. The van der Waals surface area contributed by atoms with Crippen molar-refractivity contribution in [3.05, 3.63) is 12.2 Å². The van der Waals surface area contributed by atoms with Crippen molar-refractivity contribution in [2.24, 2.45) is 4.99 Å². The first-order valence-corrected chi connectivity index (χ1v) is 8.06.